The van der Waals surface area contributed by atoms with Crippen LogP contribution in [0.2, 0.25) is 0 Å². The molecule has 0 fully saturated rings. The van der Waals surface area contributed by atoms with Crippen molar-refractivity contribution >= 4 is 11.6 Å². The van der Waals surface area contributed by atoms with Crippen molar-refractivity contribution in [3.63, 3.8) is 0 Å². The first-order valence-electron chi connectivity index (χ1n) is 6.51. The van der Waals surface area contributed by atoms with Crippen LogP contribution in [0.25, 0.3) is 0 Å². The molecule has 0 spiro atoms. The average Bonchev–Trinajstić information content (AvgIpc) is 2.84. The zero-order chi connectivity index (χ0) is 14.5. The predicted octanol–water partition coefficient (Wildman–Crippen LogP) is 1.14. The average molecular weight is 273 g/mol. The van der Waals surface area contributed by atoms with E-state index >= 15 is 0 Å². The Balaban J connectivity index is 1.96. The number of anilines is 1. The minimum Gasteiger partial charge on any atom is -0.387 e. The predicted molar refractivity (Wildman–Crippen MR) is 77.8 cm³/mol. The number of hydrogen-bond acceptors (Lipinski definition) is 4. The Labute approximate surface area is 118 Å². The summed E-state index contributed by atoms with van der Waals surface area (Å²) in [5, 5.41) is 10.1. The van der Waals surface area contributed by atoms with Crippen LogP contribution in [-0.2, 0) is 13.5 Å². The Morgan fingerprint density at radius 3 is 2.85 bits per heavy atom. The maximum atomic E-state index is 12.2. The monoisotopic (exact) mass is 273 g/mol. The van der Waals surface area contributed by atoms with Crippen molar-refractivity contribution in [2.45, 2.75) is 13.3 Å². The van der Waals surface area contributed by atoms with Crippen LogP contribution < -0.4 is 10.6 Å². The first-order chi connectivity index (χ1) is 9.60. The highest BCUT2D eigenvalue weighted by Crippen LogP contribution is 2.16. The van der Waals surface area contributed by atoms with E-state index in [1.807, 2.05) is 32.2 Å². The van der Waals surface area contributed by atoms with E-state index in [1.54, 1.807) is 18.1 Å². The highest BCUT2D eigenvalue weighted by Gasteiger charge is 2.10. The van der Waals surface area contributed by atoms with Crippen molar-refractivity contribution < 1.29 is 4.79 Å². The zero-order valence-corrected chi connectivity index (χ0v) is 12.0. The molecule has 1 heterocycles. The number of carbonyl (C=O) groups excluding carboxylic acids is 1. The molecule has 2 rings (SSSR count). The van der Waals surface area contributed by atoms with Gasteiger partial charge in [-0.15, -0.1) is 0 Å². The summed E-state index contributed by atoms with van der Waals surface area (Å²) in [5.41, 5.74) is 2.53. The first-order valence-corrected chi connectivity index (χ1v) is 6.51. The normalized spacial score (nSPS) is 10.3. The molecule has 6 heteroatoms. The lowest BCUT2D eigenvalue weighted by atomic mass is 10.1. The topological polar surface area (TPSA) is 71.8 Å². The molecular weight excluding hydrogens is 254 g/mol. The van der Waals surface area contributed by atoms with Crippen molar-refractivity contribution in [3.05, 3.63) is 41.5 Å². The minimum atomic E-state index is -0.0889. The van der Waals surface area contributed by atoms with Gasteiger partial charge in [0.25, 0.3) is 5.91 Å². The van der Waals surface area contributed by atoms with Gasteiger partial charge < -0.3 is 10.6 Å². The van der Waals surface area contributed by atoms with Crippen molar-refractivity contribution in [2.24, 2.45) is 7.05 Å². The molecule has 0 radical (unpaired) electrons. The fourth-order valence-electron chi connectivity index (χ4n) is 1.95. The number of aryl methyl sites for hydroxylation is 2. The third-order valence-corrected chi connectivity index (χ3v) is 2.97. The van der Waals surface area contributed by atoms with E-state index in [4.69, 9.17) is 0 Å². The molecule has 0 aliphatic heterocycles. The molecule has 0 aliphatic carbocycles. The van der Waals surface area contributed by atoms with Gasteiger partial charge in [0, 0.05) is 32.7 Å². The van der Waals surface area contributed by atoms with Gasteiger partial charge in [-0.2, -0.15) is 5.10 Å². The molecular formula is C14H19N5O. The Bertz CT molecular complexity index is 605. The molecule has 2 aromatic rings. The SMILES string of the molecule is CNc1ccc(C)cc1C(=O)NCCc1ncn(C)n1. The molecule has 20 heavy (non-hydrogen) atoms. The minimum absolute atomic E-state index is 0.0889. The Kier molecular flexibility index (Phi) is 4.34. The number of aromatic nitrogens is 3. The van der Waals surface area contributed by atoms with Gasteiger partial charge in [-0.1, -0.05) is 11.6 Å². The number of carbonyl (C=O) groups is 1. The van der Waals surface area contributed by atoms with E-state index in [-0.39, 0.29) is 5.91 Å². The number of hydrogen-bond donors (Lipinski definition) is 2. The van der Waals surface area contributed by atoms with Gasteiger partial charge in [-0.25, -0.2) is 4.98 Å². The lowest BCUT2D eigenvalue weighted by Gasteiger charge is -2.10. The summed E-state index contributed by atoms with van der Waals surface area (Å²) in [6.45, 7) is 2.48. The van der Waals surface area contributed by atoms with Gasteiger partial charge in [-0.05, 0) is 19.1 Å². The molecule has 0 aliphatic rings. The fourth-order valence-corrected chi connectivity index (χ4v) is 1.95. The van der Waals surface area contributed by atoms with Crippen molar-refractivity contribution in [1.29, 1.82) is 0 Å². The third-order valence-electron chi connectivity index (χ3n) is 2.97. The molecule has 2 N–H and O–H groups in total. The Hall–Kier alpha value is -2.37. The molecule has 0 atom stereocenters. The van der Waals surface area contributed by atoms with Gasteiger partial charge in [0.1, 0.15) is 6.33 Å². The Morgan fingerprint density at radius 2 is 2.20 bits per heavy atom. The number of nitrogens with one attached hydrogen (secondary N) is 2. The molecule has 0 saturated carbocycles. The highest BCUT2D eigenvalue weighted by molar-refractivity contribution is 5.99. The molecule has 1 amide bonds. The van der Waals surface area contributed by atoms with E-state index in [1.165, 1.54) is 0 Å². The van der Waals surface area contributed by atoms with Crippen LogP contribution in [0.15, 0.2) is 24.5 Å². The van der Waals surface area contributed by atoms with Crippen LogP contribution in [0.3, 0.4) is 0 Å². The number of nitrogens with zero attached hydrogens (tertiary/aromatic N) is 3. The Morgan fingerprint density at radius 1 is 1.40 bits per heavy atom. The van der Waals surface area contributed by atoms with Crippen LogP contribution in [0.5, 0.6) is 0 Å². The summed E-state index contributed by atoms with van der Waals surface area (Å²) in [4.78, 5) is 16.3. The second kappa shape index (κ2) is 6.18. The fraction of sp³-hybridized carbons (Fsp3) is 0.357. The van der Waals surface area contributed by atoms with E-state index in [9.17, 15) is 4.79 Å². The zero-order valence-electron chi connectivity index (χ0n) is 12.0. The quantitative estimate of drug-likeness (QED) is 0.857. The van der Waals surface area contributed by atoms with Crippen molar-refractivity contribution in [3.8, 4) is 0 Å². The molecule has 1 aromatic carbocycles. The number of rotatable bonds is 5. The summed E-state index contributed by atoms with van der Waals surface area (Å²) >= 11 is 0. The smallest absolute Gasteiger partial charge is 0.253 e. The molecule has 0 bridgehead atoms. The third kappa shape index (κ3) is 3.34. The highest BCUT2D eigenvalue weighted by atomic mass is 16.1. The molecule has 1 aromatic heterocycles. The summed E-state index contributed by atoms with van der Waals surface area (Å²) in [5.74, 6) is 0.639. The lowest BCUT2D eigenvalue weighted by Crippen LogP contribution is -2.26. The van der Waals surface area contributed by atoms with Gasteiger partial charge in [0.15, 0.2) is 5.82 Å². The first kappa shape index (κ1) is 14.0. The summed E-state index contributed by atoms with van der Waals surface area (Å²) in [6.07, 6.45) is 2.27. The standard InChI is InChI=1S/C14H19N5O/c1-10-4-5-12(15-2)11(8-10)14(20)16-7-6-13-17-9-19(3)18-13/h4-5,8-9,15H,6-7H2,1-3H3,(H,16,20). The van der Waals surface area contributed by atoms with Crippen molar-refractivity contribution in [2.75, 3.05) is 18.9 Å². The maximum Gasteiger partial charge on any atom is 0.253 e. The van der Waals surface area contributed by atoms with E-state index in [0.29, 0.717) is 18.5 Å². The summed E-state index contributed by atoms with van der Waals surface area (Å²) in [7, 11) is 3.63. The van der Waals surface area contributed by atoms with Crippen LogP contribution in [0, 0.1) is 6.92 Å². The lowest BCUT2D eigenvalue weighted by molar-refractivity contribution is 0.0954. The summed E-state index contributed by atoms with van der Waals surface area (Å²) in [6, 6.07) is 5.76. The number of amides is 1. The van der Waals surface area contributed by atoms with Crippen molar-refractivity contribution in [1.82, 2.24) is 20.1 Å². The second-order valence-electron chi connectivity index (χ2n) is 4.64. The number of benzene rings is 1. The van der Waals surface area contributed by atoms with Gasteiger partial charge in [0.2, 0.25) is 0 Å². The molecule has 0 unspecified atom stereocenters. The molecule has 6 nitrogen and oxygen atoms in total. The van der Waals surface area contributed by atoms with E-state index < -0.39 is 0 Å². The van der Waals surface area contributed by atoms with Crippen LogP contribution in [-0.4, -0.2) is 34.3 Å². The van der Waals surface area contributed by atoms with Crippen LogP contribution in [0.4, 0.5) is 5.69 Å². The second-order valence-corrected chi connectivity index (χ2v) is 4.64. The molecule has 0 saturated heterocycles. The largest absolute Gasteiger partial charge is 0.387 e. The van der Waals surface area contributed by atoms with Gasteiger partial charge >= 0.3 is 0 Å². The van der Waals surface area contributed by atoms with Crippen LogP contribution in [0.1, 0.15) is 21.7 Å². The van der Waals surface area contributed by atoms with E-state index in [2.05, 4.69) is 20.7 Å². The maximum absolute atomic E-state index is 12.2. The van der Waals surface area contributed by atoms with E-state index in [0.717, 1.165) is 17.1 Å². The van der Waals surface area contributed by atoms with Gasteiger partial charge in [0.05, 0.1) is 5.56 Å². The van der Waals surface area contributed by atoms with Crippen LogP contribution >= 0.6 is 0 Å². The summed E-state index contributed by atoms with van der Waals surface area (Å²) < 4.78 is 1.65. The molecule has 106 valence electrons. The van der Waals surface area contributed by atoms with Gasteiger partial charge in [-0.3, -0.25) is 9.48 Å².